The predicted molar refractivity (Wildman–Crippen MR) is 92.0 cm³/mol. The van der Waals surface area contributed by atoms with Crippen LogP contribution in [0.2, 0.25) is 0 Å². The molecule has 3 heteroatoms. The number of esters is 1. The molecule has 1 atom stereocenters. The molecule has 0 saturated heterocycles. The molecule has 0 amide bonds. The lowest BCUT2D eigenvalue weighted by Crippen LogP contribution is -2.33. The lowest BCUT2D eigenvalue weighted by Gasteiger charge is -2.31. The summed E-state index contributed by atoms with van der Waals surface area (Å²) < 4.78 is 11.0. The molecule has 1 aromatic rings. The summed E-state index contributed by atoms with van der Waals surface area (Å²) in [6.07, 6.45) is 6.25. The van der Waals surface area contributed by atoms with Crippen LogP contribution in [0.1, 0.15) is 57.9 Å². The number of hydrogen-bond acceptors (Lipinski definition) is 3. The van der Waals surface area contributed by atoms with E-state index in [1.54, 1.807) is 0 Å². The van der Waals surface area contributed by atoms with Crippen molar-refractivity contribution >= 4 is 5.97 Å². The Bertz CT molecular complexity index is 493. The lowest BCUT2D eigenvalue weighted by molar-refractivity contribution is -0.154. The number of ether oxygens (including phenoxy) is 2. The van der Waals surface area contributed by atoms with Crippen molar-refractivity contribution in [3.8, 4) is 0 Å². The van der Waals surface area contributed by atoms with E-state index >= 15 is 0 Å². The number of methoxy groups -OCH3 is 1. The van der Waals surface area contributed by atoms with Gasteiger partial charge in [0.1, 0.15) is 0 Å². The largest absolute Gasteiger partial charge is 0.469 e. The number of benzene rings is 1. The third-order valence-corrected chi connectivity index (χ3v) is 5.00. The van der Waals surface area contributed by atoms with E-state index in [4.69, 9.17) is 9.47 Å². The van der Waals surface area contributed by atoms with E-state index in [1.807, 2.05) is 18.2 Å². The summed E-state index contributed by atoms with van der Waals surface area (Å²) in [7, 11) is 1.50. The van der Waals surface area contributed by atoms with Crippen molar-refractivity contribution in [1.29, 1.82) is 0 Å². The molecule has 0 aliphatic heterocycles. The Hall–Kier alpha value is -1.35. The summed E-state index contributed by atoms with van der Waals surface area (Å²) in [5.74, 6) is -0.0692. The Balaban J connectivity index is 1.89. The van der Waals surface area contributed by atoms with E-state index in [1.165, 1.54) is 12.7 Å². The van der Waals surface area contributed by atoms with Crippen LogP contribution >= 0.6 is 0 Å². The van der Waals surface area contributed by atoms with Gasteiger partial charge in [-0.2, -0.15) is 0 Å². The van der Waals surface area contributed by atoms with Gasteiger partial charge in [0.05, 0.1) is 25.7 Å². The van der Waals surface area contributed by atoms with Crippen molar-refractivity contribution in [2.24, 2.45) is 10.8 Å². The smallest absolute Gasteiger partial charge is 0.311 e. The van der Waals surface area contributed by atoms with Gasteiger partial charge in [0, 0.05) is 0 Å². The highest BCUT2D eigenvalue weighted by Crippen LogP contribution is 2.55. The summed E-state index contributed by atoms with van der Waals surface area (Å²) in [4.78, 5) is 12.3. The van der Waals surface area contributed by atoms with Crippen LogP contribution in [-0.4, -0.2) is 19.7 Å². The first kappa shape index (κ1) is 18.0. The average molecular weight is 318 g/mol. The Morgan fingerprint density at radius 3 is 2.52 bits per heavy atom. The van der Waals surface area contributed by atoms with E-state index < -0.39 is 0 Å². The predicted octanol–water partition coefficient (Wildman–Crippen LogP) is 4.74. The van der Waals surface area contributed by atoms with Crippen molar-refractivity contribution in [2.45, 2.75) is 59.0 Å². The normalized spacial score (nSPS) is 18.2. The maximum atomic E-state index is 12.3. The van der Waals surface area contributed by atoms with Crippen molar-refractivity contribution in [3.63, 3.8) is 0 Å². The maximum absolute atomic E-state index is 12.3. The van der Waals surface area contributed by atoms with E-state index in [0.717, 1.165) is 45.1 Å². The molecule has 3 nitrogen and oxygen atoms in total. The molecule has 1 aromatic carbocycles. The summed E-state index contributed by atoms with van der Waals surface area (Å²) in [5, 5.41) is 0. The van der Waals surface area contributed by atoms with Crippen LogP contribution in [0.3, 0.4) is 0 Å². The molecule has 0 heterocycles. The quantitative estimate of drug-likeness (QED) is 0.584. The van der Waals surface area contributed by atoms with Gasteiger partial charge in [-0.05, 0) is 43.6 Å². The van der Waals surface area contributed by atoms with Gasteiger partial charge in [0.2, 0.25) is 0 Å². The minimum absolute atomic E-state index is 0.0692. The van der Waals surface area contributed by atoms with Crippen molar-refractivity contribution in [2.75, 3.05) is 13.7 Å². The zero-order valence-corrected chi connectivity index (χ0v) is 14.8. The van der Waals surface area contributed by atoms with Crippen LogP contribution < -0.4 is 0 Å². The van der Waals surface area contributed by atoms with Crippen LogP contribution in [0.25, 0.3) is 0 Å². The first-order chi connectivity index (χ1) is 11.0. The molecule has 1 fully saturated rings. The Morgan fingerprint density at radius 2 is 1.96 bits per heavy atom. The van der Waals surface area contributed by atoms with Gasteiger partial charge in [-0.15, -0.1) is 0 Å². The molecule has 1 aliphatic carbocycles. The minimum atomic E-state index is -0.378. The molecule has 128 valence electrons. The topological polar surface area (TPSA) is 35.5 Å². The van der Waals surface area contributed by atoms with E-state index in [0.29, 0.717) is 6.61 Å². The fourth-order valence-corrected chi connectivity index (χ4v) is 3.41. The molecule has 1 unspecified atom stereocenters. The molecular weight excluding hydrogens is 288 g/mol. The Kier molecular flexibility index (Phi) is 6.23. The second-order valence-electron chi connectivity index (χ2n) is 7.31. The Labute approximate surface area is 140 Å². The minimum Gasteiger partial charge on any atom is -0.469 e. The Morgan fingerprint density at radius 1 is 1.26 bits per heavy atom. The third-order valence-electron chi connectivity index (χ3n) is 5.00. The summed E-state index contributed by atoms with van der Waals surface area (Å²) in [6, 6.07) is 10.2. The second kappa shape index (κ2) is 7.96. The summed E-state index contributed by atoms with van der Waals surface area (Å²) >= 11 is 0. The van der Waals surface area contributed by atoms with Crippen LogP contribution in [0, 0.1) is 10.8 Å². The van der Waals surface area contributed by atoms with Crippen molar-refractivity contribution < 1.29 is 14.3 Å². The maximum Gasteiger partial charge on any atom is 0.311 e. The highest BCUT2D eigenvalue weighted by atomic mass is 16.5. The fourth-order valence-electron chi connectivity index (χ4n) is 3.41. The molecule has 2 rings (SSSR count). The number of unbranched alkanes of at least 4 members (excludes halogenated alkanes) is 1. The monoisotopic (exact) mass is 318 g/mol. The average Bonchev–Trinajstić information content (AvgIpc) is 3.32. The lowest BCUT2D eigenvalue weighted by atomic mass is 9.76. The van der Waals surface area contributed by atoms with Gasteiger partial charge < -0.3 is 9.47 Å². The van der Waals surface area contributed by atoms with E-state index in [9.17, 15) is 4.79 Å². The summed E-state index contributed by atoms with van der Waals surface area (Å²) in [5.41, 5.74) is 0.994. The van der Waals surface area contributed by atoms with Gasteiger partial charge in [0.25, 0.3) is 0 Å². The first-order valence-electron chi connectivity index (χ1n) is 8.74. The summed E-state index contributed by atoms with van der Waals surface area (Å²) in [6.45, 7) is 5.60. The van der Waals surface area contributed by atoms with Gasteiger partial charge in [-0.1, -0.05) is 50.1 Å². The fraction of sp³-hybridized carbons (Fsp3) is 0.650. The second-order valence-corrected chi connectivity index (χ2v) is 7.31. The molecule has 1 saturated carbocycles. The van der Waals surface area contributed by atoms with E-state index in [2.05, 4.69) is 26.0 Å². The van der Waals surface area contributed by atoms with Gasteiger partial charge >= 0.3 is 5.97 Å². The first-order valence-corrected chi connectivity index (χ1v) is 8.74. The number of carbonyl (C=O) groups is 1. The highest BCUT2D eigenvalue weighted by molar-refractivity contribution is 5.76. The molecule has 0 N–H and O–H groups in total. The SMILES string of the molecule is CCCCC(C)(CC1(COCc2ccccc2)CC1)C(=O)OC. The van der Waals surface area contributed by atoms with Crippen LogP contribution in [0.5, 0.6) is 0 Å². The van der Waals surface area contributed by atoms with Crippen molar-refractivity contribution in [3.05, 3.63) is 35.9 Å². The van der Waals surface area contributed by atoms with Crippen LogP contribution in [0.4, 0.5) is 0 Å². The molecule has 23 heavy (non-hydrogen) atoms. The molecule has 1 aliphatic rings. The zero-order chi connectivity index (χ0) is 16.8. The molecular formula is C20H30O3. The molecule has 0 bridgehead atoms. The number of carbonyl (C=O) groups excluding carboxylic acids is 1. The molecule has 0 aromatic heterocycles. The highest BCUT2D eigenvalue weighted by Gasteiger charge is 2.50. The van der Waals surface area contributed by atoms with E-state index in [-0.39, 0.29) is 16.8 Å². The molecule has 0 radical (unpaired) electrons. The van der Waals surface area contributed by atoms with Gasteiger partial charge in [-0.25, -0.2) is 0 Å². The molecule has 0 spiro atoms. The third kappa shape index (κ3) is 5.07. The number of hydrogen-bond donors (Lipinski definition) is 0. The van der Waals surface area contributed by atoms with Crippen LogP contribution in [0.15, 0.2) is 30.3 Å². The number of rotatable bonds is 10. The van der Waals surface area contributed by atoms with Gasteiger partial charge in [0.15, 0.2) is 0 Å². The van der Waals surface area contributed by atoms with Crippen LogP contribution in [-0.2, 0) is 20.9 Å². The van der Waals surface area contributed by atoms with Crippen molar-refractivity contribution in [1.82, 2.24) is 0 Å². The zero-order valence-electron chi connectivity index (χ0n) is 14.8. The van der Waals surface area contributed by atoms with Gasteiger partial charge in [-0.3, -0.25) is 4.79 Å². The standard InChI is InChI=1S/C20H30O3/c1-4-5-11-19(2,18(21)22-3)15-20(12-13-20)16-23-14-17-9-7-6-8-10-17/h6-10H,4-5,11-16H2,1-3H3.